The second-order valence-electron chi connectivity index (χ2n) is 3.09. The third kappa shape index (κ3) is 6.21. The molecule has 0 saturated carbocycles. The van der Waals surface area contributed by atoms with Gasteiger partial charge in [0.15, 0.2) is 0 Å². The van der Waals surface area contributed by atoms with Crippen LogP contribution < -0.4 is 5.32 Å². The van der Waals surface area contributed by atoms with Crippen molar-refractivity contribution in [2.45, 2.75) is 33.6 Å². The van der Waals surface area contributed by atoms with Gasteiger partial charge in [0.25, 0.3) is 0 Å². The first-order valence-corrected chi connectivity index (χ1v) is 4.98. The summed E-state index contributed by atoms with van der Waals surface area (Å²) in [6.07, 6.45) is 8.52. The van der Waals surface area contributed by atoms with Crippen LogP contribution in [0.4, 0.5) is 0 Å². The largest absolute Gasteiger partial charge is 0.385 e. The third-order valence-corrected chi connectivity index (χ3v) is 1.78. The number of hydrogen-bond donors (Lipinski definition) is 1. The van der Waals surface area contributed by atoms with Gasteiger partial charge < -0.3 is 5.32 Å². The fourth-order valence-electron chi connectivity index (χ4n) is 0.864. The zero-order valence-corrected chi connectivity index (χ0v) is 9.06. The molecule has 0 heterocycles. The number of rotatable bonds is 6. The summed E-state index contributed by atoms with van der Waals surface area (Å²) in [6, 6.07) is 0. The predicted octanol–water partition coefficient (Wildman–Crippen LogP) is 3.41. The van der Waals surface area contributed by atoms with Gasteiger partial charge in [0.05, 0.1) is 0 Å². The molecule has 0 aliphatic heterocycles. The molecule has 0 amide bonds. The highest BCUT2D eigenvalue weighted by atomic mass is 14.9. The molecule has 0 aliphatic rings. The summed E-state index contributed by atoms with van der Waals surface area (Å²) in [5.41, 5.74) is 2.24. The Labute approximate surface area is 82.2 Å². The fraction of sp³-hybridized carbons (Fsp3) is 0.500. The maximum absolute atomic E-state index is 3.96. The average molecular weight is 179 g/mol. The predicted molar refractivity (Wildman–Crippen MR) is 60.6 cm³/mol. The lowest BCUT2D eigenvalue weighted by molar-refractivity contribution is 0.778. The molecule has 13 heavy (non-hydrogen) atoms. The van der Waals surface area contributed by atoms with Crippen LogP contribution in [0.25, 0.3) is 0 Å². The van der Waals surface area contributed by atoms with E-state index in [1.54, 1.807) is 0 Å². The first-order chi connectivity index (χ1) is 6.22. The Kier molecular flexibility index (Phi) is 7.08. The van der Waals surface area contributed by atoms with Crippen molar-refractivity contribution in [1.29, 1.82) is 0 Å². The Bertz CT molecular complexity index is 199. The van der Waals surface area contributed by atoms with Gasteiger partial charge in [-0.15, -0.1) is 0 Å². The van der Waals surface area contributed by atoms with Crippen LogP contribution in [0.15, 0.2) is 36.1 Å². The molecule has 0 atom stereocenters. The molecule has 1 N–H and O–H groups in total. The summed E-state index contributed by atoms with van der Waals surface area (Å²) in [4.78, 5) is 0. The maximum Gasteiger partial charge on any atom is 0.0296 e. The summed E-state index contributed by atoms with van der Waals surface area (Å²) in [7, 11) is 0. The first-order valence-electron chi connectivity index (χ1n) is 4.98. The van der Waals surface area contributed by atoms with E-state index in [0.717, 1.165) is 25.1 Å². The van der Waals surface area contributed by atoms with Crippen molar-refractivity contribution in [3.05, 3.63) is 36.1 Å². The van der Waals surface area contributed by atoms with Crippen LogP contribution in [-0.4, -0.2) is 6.54 Å². The van der Waals surface area contributed by atoms with Crippen molar-refractivity contribution in [2.75, 3.05) is 6.54 Å². The van der Waals surface area contributed by atoms with E-state index in [1.807, 2.05) is 0 Å². The molecule has 0 bridgehead atoms. The summed E-state index contributed by atoms with van der Waals surface area (Å²) < 4.78 is 0. The highest BCUT2D eigenvalue weighted by Crippen LogP contribution is 2.03. The Morgan fingerprint density at radius 1 is 1.38 bits per heavy atom. The third-order valence-electron chi connectivity index (χ3n) is 1.78. The fourth-order valence-corrected chi connectivity index (χ4v) is 0.864. The molecule has 0 saturated heterocycles. The lowest BCUT2D eigenvalue weighted by Crippen LogP contribution is -2.13. The summed E-state index contributed by atoms with van der Waals surface area (Å²) in [6.45, 7) is 11.3. The van der Waals surface area contributed by atoms with Crippen molar-refractivity contribution >= 4 is 0 Å². The topological polar surface area (TPSA) is 12.0 Å². The van der Waals surface area contributed by atoms with Crippen LogP contribution in [-0.2, 0) is 0 Å². The van der Waals surface area contributed by atoms with Gasteiger partial charge >= 0.3 is 0 Å². The SMILES string of the molecule is C=C(NCCC)/C(C)=C\C=C/CC. The van der Waals surface area contributed by atoms with Gasteiger partial charge in [-0.2, -0.15) is 0 Å². The van der Waals surface area contributed by atoms with Crippen molar-refractivity contribution in [3.63, 3.8) is 0 Å². The number of nitrogens with one attached hydrogen (secondary N) is 1. The molecule has 1 nitrogen and oxygen atoms in total. The molecule has 0 unspecified atom stereocenters. The van der Waals surface area contributed by atoms with Gasteiger partial charge in [-0.25, -0.2) is 0 Å². The van der Waals surface area contributed by atoms with Crippen molar-refractivity contribution in [1.82, 2.24) is 5.32 Å². The van der Waals surface area contributed by atoms with Gasteiger partial charge in [0.1, 0.15) is 0 Å². The molecular weight excluding hydrogens is 158 g/mol. The van der Waals surface area contributed by atoms with E-state index in [-0.39, 0.29) is 0 Å². The lowest BCUT2D eigenvalue weighted by atomic mass is 10.2. The zero-order valence-electron chi connectivity index (χ0n) is 9.06. The summed E-state index contributed by atoms with van der Waals surface area (Å²) in [5, 5.41) is 3.26. The molecule has 0 fully saturated rings. The average Bonchev–Trinajstić information content (AvgIpc) is 2.14. The normalized spacial score (nSPS) is 12.1. The molecule has 0 aromatic rings. The van der Waals surface area contributed by atoms with Crippen molar-refractivity contribution in [3.8, 4) is 0 Å². The molecule has 0 radical (unpaired) electrons. The summed E-state index contributed by atoms with van der Waals surface area (Å²) >= 11 is 0. The second kappa shape index (κ2) is 7.66. The Morgan fingerprint density at radius 2 is 2.08 bits per heavy atom. The molecule has 0 aromatic heterocycles. The molecular formula is C12H21N. The minimum Gasteiger partial charge on any atom is -0.385 e. The van der Waals surface area contributed by atoms with E-state index in [1.165, 1.54) is 5.57 Å². The quantitative estimate of drug-likeness (QED) is 0.616. The highest BCUT2D eigenvalue weighted by Gasteiger charge is 1.92. The van der Waals surface area contributed by atoms with E-state index < -0.39 is 0 Å². The van der Waals surface area contributed by atoms with Crippen molar-refractivity contribution in [2.24, 2.45) is 0 Å². The van der Waals surface area contributed by atoms with Gasteiger partial charge in [-0.3, -0.25) is 0 Å². The molecule has 0 spiro atoms. The van der Waals surface area contributed by atoms with Gasteiger partial charge in [-0.05, 0) is 25.3 Å². The minimum absolute atomic E-state index is 1.00. The first kappa shape index (κ1) is 12.0. The highest BCUT2D eigenvalue weighted by molar-refractivity contribution is 5.28. The molecule has 74 valence electrons. The minimum atomic E-state index is 1.00. The molecule has 0 rings (SSSR count). The Balaban J connectivity index is 3.93. The smallest absolute Gasteiger partial charge is 0.0296 e. The zero-order chi connectivity index (χ0) is 10.1. The lowest BCUT2D eigenvalue weighted by Gasteiger charge is -2.07. The maximum atomic E-state index is 3.96. The van der Waals surface area contributed by atoms with Crippen LogP contribution in [0.3, 0.4) is 0 Å². The van der Waals surface area contributed by atoms with E-state index in [4.69, 9.17) is 0 Å². The number of hydrogen-bond acceptors (Lipinski definition) is 1. The second-order valence-corrected chi connectivity index (χ2v) is 3.09. The summed E-state index contributed by atoms with van der Waals surface area (Å²) in [5.74, 6) is 0. The van der Waals surface area contributed by atoms with Crippen LogP contribution >= 0.6 is 0 Å². The van der Waals surface area contributed by atoms with Crippen LogP contribution in [0.2, 0.25) is 0 Å². The molecule has 0 aromatic carbocycles. The van der Waals surface area contributed by atoms with E-state index >= 15 is 0 Å². The van der Waals surface area contributed by atoms with Crippen LogP contribution in [0.1, 0.15) is 33.6 Å². The van der Waals surface area contributed by atoms with E-state index in [2.05, 4.69) is 50.9 Å². The van der Waals surface area contributed by atoms with Gasteiger partial charge in [0, 0.05) is 12.2 Å². The van der Waals surface area contributed by atoms with Crippen LogP contribution in [0.5, 0.6) is 0 Å². The molecule has 0 aliphatic carbocycles. The van der Waals surface area contributed by atoms with Crippen LogP contribution in [0, 0.1) is 0 Å². The van der Waals surface area contributed by atoms with E-state index in [9.17, 15) is 0 Å². The van der Waals surface area contributed by atoms with E-state index in [0.29, 0.717) is 0 Å². The Hall–Kier alpha value is -0.980. The van der Waals surface area contributed by atoms with Gasteiger partial charge in [0.2, 0.25) is 0 Å². The van der Waals surface area contributed by atoms with Crippen molar-refractivity contribution < 1.29 is 0 Å². The molecule has 1 heteroatoms. The standard InChI is InChI=1S/C12H21N/c1-5-7-8-9-11(3)12(4)13-10-6-2/h7-9,13H,4-6,10H2,1-3H3/b8-7-,11-9-. The Morgan fingerprint density at radius 3 is 2.62 bits per heavy atom. The van der Waals surface area contributed by atoms with Gasteiger partial charge in [-0.1, -0.05) is 38.7 Å². The monoisotopic (exact) mass is 179 g/mol. The number of allylic oxidation sites excluding steroid dienone is 4.